The van der Waals surface area contributed by atoms with Crippen molar-refractivity contribution in [2.45, 2.75) is 13.8 Å². The van der Waals surface area contributed by atoms with Crippen LogP contribution in [0.15, 0.2) is 72.8 Å². The van der Waals surface area contributed by atoms with E-state index in [-0.39, 0.29) is 16.9 Å². The molecule has 154 valence electrons. The van der Waals surface area contributed by atoms with Gasteiger partial charge in [0.15, 0.2) is 0 Å². The molecule has 0 saturated carbocycles. The average molecular weight is 414 g/mol. The summed E-state index contributed by atoms with van der Waals surface area (Å²) in [7, 11) is 0. The smallest absolute Gasteiger partial charge is 0.258 e. The van der Waals surface area contributed by atoms with E-state index in [9.17, 15) is 20.2 Å². The zero-order chi connectivity index (χ0) is 22.1. The first-order valence-electron chi connectivity index (χ1n) is 9.52. The molecule has 0 fully saturated rings. The standard InChI is InChI=1S/C23H18N4O4/c1-15-8-10-18(11-9-15)25-23(17-6-4-3-5-7-17)22(16(2)24-25)20-13-12-19(26(28)29)14-21(20)27(30)31/h3-14H,1-2H3. The molecule has 0 saturated heterocycles. The summed E-state index contributed by atoms with van der Waals surface area (Å²) < 4.78 is 1.75. The van der Waals surface area contributed by atoms with Crippen molar-refractivity contribution in [2.24, 2.45) is 0 Å². The molecule has 3 aromatic carbocycles. The molecule has 0 aliphatic heterocycles. The van der Waals surface area contributed by atoms with E-state index >= 15 is 0 Å². The van der Waals surface area contributed by atoms with Gasteiger partial charge < -0.3 is 0 Å². The predicted molar refractivity (Wildman–Crippen MR) is 117 cm³/mol. The van der Waals surface area contributed by atoms with E-state index in [0.717, 1.165) is 22.9 Å². The molecule has 0 aliphatic rings. The monoisotopic (exact) mass is 414 g/mol. The average Bonchev–Trinajstić information content (AvgIpc) is 3.11. The molecular weight excluding hydrogens is 396 g/mol. The Labute approximate surface area is 177 Å². The fourth-order valence-corrected chi connectivity index (χ4v) is 3.58. The first-order valence-corrected chi connectivity index (χ1v) is 9.52. The Kier molecular flexibility index (Phi) is 5.04. The van der Waals surface area contributed by atoms with Gasteiger partial charge in [0.1, 0.15) is 0 Å². The molecule has 4 aromatic rings. The Balaban J connectivity index is 2.05. The van der Waals surface area contributed by atoms with E-state index in [2.05, 4.69) is 5.10 Å². The molecule has 4 rings (SSSR count). The molecule has 31 heavy (non-hydrogen) atoms. The summed E-state index contributed by atoms with van der Waals surface area (Å²) in [5.41, 5.74) is 4.17. The number of aryl methyl sites for hydroxylation is 2. The Hall–Kier alpha value is -4.33. The van der Waals surface area contributed by atoms with Gasteiger partial charge in [-0.2, -0.15) is 5.10 Å². The molecule has 0 unspecified atom stereocenters. The van der Waals surface area contributed by atoms with Crippen LogP contribution in [0.2, 0.25) is 0 Å². The number of nitro benzene ring substituents is 2. The Morgan fingerprint density at radius 3 is 2.13 bits per heavy atom. The van der Waals surface area contributed by atoms with E-state index in [4.69, 9.17) is 0 Å². The van der Waals surface area contributed by atoms with Gasteiger partial charge in [0.05, 0.1) is 38.6 Å². The van der Waals surface area contributed by atoms with Crippen molar-refractivity contribution in [3.05, 3.63) is 104 Å². The lowest BCUT2D eigenvalue weighted by Gasteiger charge is -2.11. The zero-order valence-electron chi connectivity index (χ0n) is 16.9. The second-order valence-electron chi connectivity index (χ2n) is 7.14. The maximum atomic E-state index is 11.8. The molecule has 1 aromatic heterocycles. The molecular formula is C23H18N4O4. The minimum absolute atomic E-state index is 0.283. The Morgan fingerprint density at radius 1 is 0.839 bits per heavy atom. The van der Waals surface area contributed by atoms with Gasteiger partial charge in [-0.05, 0) is 32.0 Å². The van der Waals surface area contributed by atoms with Gasteiger partial charge in [0.25, 0.3) is 11.4 Å². The molecule has 0 bridgehead atoms. The SMILES string of the molecule is Cc1ccc(-n2nc(C)c(-c3ccc([N+](=O)[O-])cc3[N+](=O)[O-])c2-c2ccccc2)cc1. The first kappa shape index (κ1) is 20.0. The highest BCUT2D eigenvalue weighted by atomic mass is 16.6. The van der Waals surface area contributed by atoms with Gasteiger partial charge in [0, 0.05) is 17.2 Å². The van der Waals surface area contributed by atoms with Crippen LogP contribution < -0.4 is 0 Å². The summed E-state index contributed by atoms with van der Waals surface area (Å²) in [4.78, 5) is 21.7. The highest BCUT2D eigenvalue weighted by Gasteiger charge is 2.27. The second kappa shape index (κ2) is 7.83. The van der Waals surface area contributed by atoms with Crippen molar-refractivity contribution in [3.63, 3.8) is 0 Å². The summed E-state index contributed by atoms with van der Waals surface area (Å²) in [6.07, 6.45) is 0. The summed E-state index contributed by atoms with van der Waals surface area (Å²) in [6.45, 7) is 3.76. The number of nitrogens with zero attached hydrogens (tertiary/aromatic N) is 4. The number of rotatable bonds is 5. The third-order valence-corrected chi connectivity index (χ3v) is 5.04. The van der Waals surface area contributed by atoms with Gasteiger partial charge in [-0.15, -0.1) is 0 Å². The maximum absolute atomic E-state index is 11.8. The minimum atomic E-state index is -0.641. The maximum Gasteiger partial charge on any atom is 0.284 e. The van der Waals surface area contributed by atoms with Crippen LogP contribution in [0.25, 0.3) is 28.1 Å². The normalized spacial score (nSPS) is 10.8. The summed E-state index contributed by atoms with van der Waals surface area (Å²) >= 11 is 0. The highest BCUT2D eigenvalue weighted by Crippen LogP contribution is 2.41. The van der Waals surface area contributed by atoms with Gasteiger partial charge in [-0.3, -0.25) is 20.2 Å². The predicted octanol–water partition coefficient (Wildman–Crippen LogP) is 5.64. The van der Waals surface area contributed by atoms with Crippen LogP contribution in [-0.4, -0.2) is 19.6 Å². The number of hydrogen-bond acceptors (Lipinski definition) is 5. The molecule has 8 nitrogen and oxygen atoms in total. The number of benzene rings is 3. The van der Waals surface area contributed by atoms with Crippen molar-refractivity contribution in [3.8, 4) is 28.1 Å². The number of nitro groups is 2. The third-order valence-electron chi connectivity index (χ3n) is 5.04. The second-order valence-corrected chi connectivity index (χ2v) is 7.14. The Bertz CT molecular complexity index is 1300. The minimum Gasteiger partial charge on any atom is -0.258 e. The van der Waals surface area contributed by atoms with E-state index in [0.29, 0.717) is 17.0 Å². The van der Waals surface area contributed by atoms with E-state index < -0.39 is 9.85 Å². The molecule has 0 N–H and O–H groups in total. The van der Waals surface area contributed by atoms with Gasteiger partial charge >= 0.3 is 0 Å². The van der Waals surface area contributed by atoms with Crippen molar-refractivity contribution in [1.82, 2.24) is 9.78 Å². The van der Waals surface area contributed by atoms with E-state index in [1.807, 2.05) is 61.5 Å². The van der Waals surface area contributed by atoms with Crippen LogP contribution in [0, 0.1) is 34.1 Å². The van der Waals surface area contributed by atoms with E-state index in [1.165, 1.54) is 12.1 Å². The molecule has 8 heteroatoms. The first-order chi connectivity index (χ1) is 14.9. The molecule has 0 amide bonds. The van der Waals surface area contributed by atoms with Crippen molar-refractivity contribution in [2.75, 3.05) is 0 Å². The van der Waals surface area contributed by atoms with Crippen molar-refractivity contribution < 1.29 is 9.85 Å². The van der Waals surface area contributed by atoms with Gasteiger partial charge in [0.2, 0.25) is 0 Å². The molecule has 1 heterocycles. The topological polar surface area (TPSA) is 104 Å². The number of non-ortho nitro benzene ring substituents is 1. The fourth-order valence-electron chi connectivity index (χ4n) is 3.58. The van der Waals surface area contributed by atoms with Crippen LogP contribution in [0.4, 0.5) is 11.4 Å². The Morgan fingerprint density at radius 2 is 1.52 bits per heavy atom. The van der Waals surface area contributed by atoms with Crippen LogP contribution in [0.5, 0.6) is 0 Å². The van der Waals surface area contributed by atoms with E-state index in [1.54, 1.807) is 11.6 Å². The lowest BCUT2D eigenvalue weighted by molar-refractivity contribution is -0.393. The van der Waals surface area contributed by atoms with Gasteiger partial charge in [-0.1, -0.05) is 48.0 Å². The fraction of sp³-hybridized carbons (Fsp3) is 0.0870. The van der Waals surface area contributed by atoms with Crippen molar-refractivity contribution in [1.29, 1.82) is 0 Å². The van der Waals surface area contributed by atoms with Crippen LogP contribution in [-0.2, 0) is 0 Å². The lowest BCUT2D eigenvalue weighted by atomic mass is 9.97. The number of hydrogen-bond donors (Lipinski definition) is 0. The van der Waals surface area contributed by atoms with Crippen LogP contribution in [0.3, 0.4) is 0 Å². The lowest BCUT2D eigenvalue weighted by Crippen LogP contribution is -2.00. The quantitative estimate of drug-likeness (QED) is 0.310. The largest absolute Gasteiger partial charge is 0.284 e. The molecule has 0 atom stereocenters. The zero-order valence-corrected chi connectivity index (χ0v) is 16.9. The highest BCUT2D eigenvalue weighted by molar-refractivity contribution is 5.88. The van der Waals surface area contributed by atoms with Crippen LogP contribution >= 0.6 is 0 Å². The molecule has 0 spiro atoms. The summed E-state index contributed by atoms with van der Waals surface area (Å²) in [5.74, 6) is 0. The number of aromatic nitrogens is 2. The van der Waals surface area contributed by atoms with Crippen LogP contribution in [0.1, 0.15) is 11.3 Å². The molecule has 0 aliphatic carbocycles. The summed E-state index contributed by atoms with van der Waals surface area (Å²) in [5, 5.41) is 27.6. The summed E-state index contributed by atoms with van der Waals surface area (Å²) in [6, 6.07) is 20.9. The third kappa shape index (κ3) is 3.66. The van der Waals surface area contributed by atoms with Gasteiger partial charge in [-0.25, -0.2) is 4.68 Å². The molecule has 0 radical (unpaired) electrons. The van der Waals surface area contributed by atoms with Crippen molar-refractivity contribution >= 4 is 11.4 Å².